The third-order valence-corrected chi connectivity index (χ3v) is 11.3. The van der Waals surface area contributed by atoms with E-state index in [0.717, 1.165) is 0 Å². The molecule has 0 fully saturated rings. The highest BCUT2D eigenvalue weighted by molar-refractivity contribution is 5.48. The minimum Gasteiger partial charge on any atom is -0.0587 e. The molecule has 306 valence electrons. The first kappa shape index (κ1) is 49.7. The molecule has 0 spiro atoms. The second-order valence-electron chi connectivity index (χ2n) is 20.2. The third kappa shape index (κ3) is 13.1. The standard InChI is InChI=1S/3C18H30/c1-11(2)15-9-17(13(5)6)18(14(7)8)10-16(15)12(3)4;1-11(2)15-9-16(12(3)4)18(14(7)8)17(10-15)13(5)6;1-11(2)15-9-10-16(12(3)4)18(14(7)8)17(15)13(5)6/h3*9-14H,1-8H3. The van der Waals surface area contributed by atoms with Gasteiger partial charge in [-0.15, -0.1) is 0 Å². The van der Waals surface area contributed by atoms with Crippen LogP contribution in [0, 0.1) is 0 Å². The maximum atomic E-state index is 2.47. The molecule has 0 radical (unpaired) electrons. The van der Waals surface area contributed by atoms with Crippen LogP contribution in [0.2, 0.25) is 0 Å². The number of hydrogen-bond donors (Lipinski definition) is 0. The van der Waals surface area contributed by atoms with Crippen molar-refractivity contribution in [1.29, 1.82) is 0 Å². The second-order valence-corrected chi connectivity index (χ2v) is 20.2. The van der Waals surface area contributed by atoms with Gasteiger partial charge in [-0.2, -0.15) is 0 Å². The minimum absolute atomic E-state index is 0.610. The average molecular weight is 739 g/mol. The van der Waals surface area contributed by atoms with Gasteiger partial charge in [-0.3, -0.25) is 0 Å². The first-order valence-corrected chi connectivity index (χ1v) is 22.3. The Morgan fingerprint density at radius 3 is 0.593 bits per heavy atom. The zero-order chi connectivity index (χ0) is 42.1. The molecule has 3 aromatic rings. The monoisotopic (exact) mass is 739 g/mol. The van der Waals surface area contributed by atoms with Crippen LogP contribution in [-0.4, -0.2) is 0 Å². The summed E-state index contributed by atoms with van der Waals surface area (Å²) >= 11 is 0. The van der Waals surface area contributed by atoms with Crippen molar-refractivity contribution in [3.05, 3.63) is 103 Å². The van der Waals surface area contributed by atoms with Gasteiger partial charge in [0, 0.05) is 0 Å². The van der Waals surface area contributed by atoms with Crippen LogP contribution in [0.5, 0.6) is 0 Å². The van der Waals surface area contributed by atoms with Crippen LogP contribution in [-0.2, 0) is 0 Å². The SMILES string of the molecule is CC(C)c1cc(C(C)C)c(C(C)C)c(C(C)C)c1.CC(C)c1cc(C(C)C)c(C(C)C)cc1C(C)C.CC(C)c1ccc(C(C)C)c(C(C)C)c1C(C)C. The predicted octanol–water partition coefficient (Wildman–Crippen LogP) is 18.5. The maximum Gasteiger partial charge on any atom is -0.0213 e. The lowest BCUT2D eigenvalue weighted by atomic mass is 9.78. The quantitative estimate of drug-likeness (QED) is 0.174. The van der Waals surface area contributed by atoms with Crippen molar-refractivity contribution in [3.63, 3.8) is 0 Å². The van der Waals surface area contributed by atoms with Crippen molar-refractivity contribution in [1.82, 2.24) is 0 Å². The molecule has 0 heterocycles. The van der Waals surface area contributed by atoms with Crippen LogP contribution in [0.15, 0.2) is 36.4 Å². The Kier molecular flexibility index (Phi) is 20.1. The van der Waals surface area contributed by atoms with E-state index in [0.29, 0.717) is 71.0 Å². The molecule has 0 amide bonds. The molecule has 0 bridgehead atoms. The molecule has 0 aliphatic rings. The number of benzene rings is 3. The van der Waals surface area contributed by atoms with E-state index in [1.165, 1.54) is 38.9 Å². The third-order valence-electron chi connectivity index (χ3n) is 11.3. The van der Waals surface area contributed by atoms with E-state index in [4.69, 9.17) is 0 Å². The lowest BCUT2D eigenvalue weighted by molar-refractivity contribution is 0.721. The lowest BCUT2D eigenvalue weighted by Crippen LogP contribution is -2.09. The summed E-state index contributed by atoms with van der Waals surface area (Å²) < 4.78 is 0. The van der Waals surface area contributed by atoms with Crippen LogP contribution in [0.1, 0.15) is 304 Å². The second kappa shape index (κ2) is 21.8. The van der Waals surface area contributed by atoms with Crippen molar-refractivity contribution in [2.24, 2.45) is 0 Å². The Bertz CT molecular complexity index is 1400. The van der Waals surface area contributed by atoms with Gasteiger partial charge in [0.1, 0.15) is 0 Å². The molecule has 0 N–H and O–H groups in total. The summed E-state index contributed by atoms with van der Waals surface area (Å²) in [5.74, 6) is 7.34. The van der Waals surface area contributed by atoms with Gasteiger partial charge in [0.05, 0.1) is 0 Å². The summed E-state index contributed by atoms with van der Waals surface area (Å²) in [5, 5.41) is 0. The number of rotatable bonds is 12. The largest absolute Gasteiger partial charge is 0.0587 e. The van der Waals surface area contributed by atoms with E-state index in [-0.39, 0.29) is 0 Å². The first-order valence-electron chi connectivity index (χ1n) is 22.3. The summed E-state index contributed by atoms with van der Waals surface area (Å²) in [7, 11) is 0. The zero-order valence-electron chi connectivity index (χ0n) is 40.4. The minimum atomic E-state index is 0.610. The molecule has 0 nitrogen and oxygen atoms in total. The number of hydrogen-bond acceptors (Lipinski definition) is 0. The van der Waals surface area contributed by atoms with Crippen molar-refractivity contribution >= 4 is 0 Å². The Hall–Kier alpha value is -2.34. The molecule has 0 aromatic heterocycles. The summed E-state index contributed by atoms with van der Waals surface area (Å²) in [6.45, 7) is 55.5. The fraction of sp³-hybridized carbons (Fsp3) is 0.667. The summed E-state index contributed by atoms with van der Waals surface area (Å²) in [6, 6.07) is 14.6. The van der Waals surface area contributed by atoms with Crippen LogP contribution in [0.4, 0.5) is 0 Å². The van der Waals surface area contributed by atoms with Crippen molar-refractivity contribution in [2.45, 2.75) is 237 Å². The Labute approximate surface area is 339 Å². The Morgan fingerprint density at radius 2 is 0.426 bits per heavy atom. The zero-order valence-corrected chi connectivity index (χ0v) is 40.4. The fourth-order valence-corrected chi connectivity index (χ4v) is 8.31. The molecule has 0 atom stereocenters. The molecule has 0 aliphatic heterocycles. The van der Waals surface area contributed by atoms with Crippen LogP contribution >= 0.6 is 0 Å². The van der Waals surface area contributed by atoms with Crippen LogP contribution < -0.4 is 0 Å². The molecule has 3 rings (SSSR count). The Morgan fingerprint density at radius 1 is 0.204 bits per heavy atom. The molecule has 0 aliphatic carbocycles. The molecule has 0 saturated heterocycles. The van der Waals surface area contributed by atoms with Gasteiger partial charge in [-0.25, -0.2) is 0 Å². The average Bonchev–Trinajstić information content (AvgIpc) is 3.06. The van der Waals surface area contributed by atoms with Gasteiger partial charge in [-0.1, -0.05) is 203 Å². The van der Waals surface area contributed by atoms with E-state index >= 15 is 0 Å². The maximum absolute atomic E-state index is 2.47. The molecule has 3 aromatic carbocycles. The summed E-state index contributed by atoms with van der Waals surface area (Å²) in [4.78, 5) is 0. The Balaban J connectivity index is 0.000000405. The molecular weight excluding hydrogens is 649 g/mol. The highest BCUT2D eigenvalue weighted by Crippen LogP contribution is 2.39. The van der Waals surface area contributed by atoms with Crippen molar-refractivity contribution in [2.75, 3.05) is 0 Å². The van der Waals surface area contributed by atoms with Gasteiger partial charge in [-0.05, 0) is 138 Å². The van der Waals surface area contributed by atoms with Gasteiger partial charge >= 0.3 is 0 Å². The highest BCUT2D eigenvalue weighted by atomic mass is 14.3. The van der Waals surface area contributed by atoms with Crippen LogP contribution in [0.25, 0.3) is 0 Å². The lowest BCUT2D eigenvalue weighted by Gasteiger charge is -2.27. The smallest absolute Gasteiger partial charge is 0.0213 e. The molecular formula is C54H90. The van der Waals surface area contributed by atoms with Gasteiger partial charge in [0.25, 0.3) is 0 Å². The van der Waals surface area contributed by atoms with Gasteiger partial charge < -0.3 is 0 Å². The summed E-state index contributed by atoms with van der Waals surface area (Å²) in [6.07, 6.45) is 0. The van der Waals surface area contributed by atoms with E-state index in [1.807, 2.05) is 0 Å². The van der Waals surface area contributed by atoms with Gasteiger partial charge in [0.15, 0.2) is 0 Å². The molecule has 0 unspecified atom stereocenters. The van der Waals surface area contributed by atoms with Crippen molar-refractivity contribution < 1.29 is 0 Å². The van der Waals surface area contributed by atoms with E-state index < -0.39 is 0 Å². The van der Waals surface area contributed by atoms with E-state index in [1.54, 1.807) is 27.8 Å². The molecule has 0 heteroatoms. The fourth-order valence-electron chi connectivity index (χ4n) is 8.31. The summed E-state index contributed by atoms with van der Waals surface area (Å²) in [5.41, 5.74) is 18.6. The highest BCUT2D eigenvalue weighted by Gasteiger charge is 2.22. The molecule has 54 heavy (non-hydrogen) atoms. The predicted molar refractivity (Wildman–Crippen MR) is 248 cm³/mol. The molecule has 0 saturated carbocycles. The normalized spacial score (nSPS) is 12.2. The van der Waals surface area contributed by atoms with Gasteiger partial charge in [0.2, 0.25) is 0 Å². The van der Waals surface area contributed by atoms with Crippen molar-refractivity contribution in [3.8, 4) is 0 Å². The van der Waals surface area contributed by atoms with E-state index in [9.17, 15) is 0 Å². The first-order chi connectivity index (χ1) is 24.8. The van der Waals surface area contributed by atoms with E-state index in [2.05, 4.69) is 203 Å². The topological polar surface area (TPSA) is 0 Å². The van der Waals surface area contributed by atoms with Crippen LogP contribution in [0.3, 0.4) is 0 Å².